The van der Waals surface area contributed by atoms with Gasteiger partial charge in [0.25, 0.3) is 0 Å². The van der Waals surface area contributed by atoms with Crippen LogP contribution in [0.2, 0.25) is 0 Å². The lowest BCUT2D eigenvalue weighted by Gasteiger charge is -2.41. The van der Waals surface area contributed by atoms with E-state index in [0.29, 0.717) is 26.2 Å². The first-order chi connectivity index (χ1) is 7.06. The van der Waals surface area contributed by atoms with Crippen LogP contribution in [0.3, 0.4) is 0 Å². The molecule has 6 nitrogen and oxygen atoms in total. The topological polar surface area (TPSA) is 95.7 Å². The van der Waals surface area contributed by atoms with E-state index in [2.05, 4.69) is 5.32 Å². The third kappa shape index (κ3) is 2.82. The average molecular weight is 215 g/mol. The summed E-state index contributed by atoms with van der Waals surface area (Å²) < 4.78 is 0. The summed E-state index contributed by atoms with van der Waals surface area (Å²) in [5, 5.41) is 11.4. The monoisotopic (exact) mass is 215 g/mol. The van der Waals surface area contributed by atoms with Gasteiger partial charge in [0.05, 0.1) is 5.92 Å². The second-order valence-corrected chi connectivity index (χ2v) is 3.81. The number of nitrogens with two attached hydrogens (primary N) is 1. The first-order valence-corrected chi connectivity index (χ1v) is 5.02. The van der Waals surface area contributed by atoms with Crippen molar-refractivity contribution < 1.29 is 14.7 Å². The fourth-order valence-electron chi connectivity index (χ4n) is 1.49. The molecule has 1 fully saturated rings. The maximum absolute atomic E-state index is 11.3. The highest BCUT2D eigenvalue weighted by Crippen LogP contribution is 2.23. The summed E-state index contributed by atoms with van der Waals surface area (Å²) in [7, 11) is 0. The van der Waals surface area contributed by atoms with Crippen molar-refractivity contribution >= 4 is 12.0 Å². The normalized spacial score (nSPS) is 18.1. The molecule has 1 atom stereocenters. The molecular weight excluding hydrogens is 198 g/mol. The Hall–Kier alpha value is -1.30. The van der Waals surface area contributed by atoms with E-state index in [1.807, 2.05) is 0 Å². The highest BCUT2D eigenvalue weighted by Gasteiger charge is 2.36. The lowest BCUT2D eigenvalue weighted by atomic mass is 9.87. The van der Waals surface area contributed by atoms with Crippen LogP contribution < -0.4 is 11.1 Å². The summed E-state index contributed by atoms with van der Waals surface area (Å²) in [6.45, 7) is 3.57. The summed E-state index contributed by atoms with van der Waals surface area (Å²) >= 11 is 0. The van der Waals surface area contributed by atoms with E-state index >= 15 is 0 Å². The number of carbonyl (C=O) groups excluding carboxylic acids is 1. The van der Waals surface area contributed by atoms with Crippen molar-refractivity contribution in [2.75, 3.05) is 26.2 Å². The van der Waals surface area contributed by atoms with Gasteiger partial charge in [-0.15, -0.1) is 0 Å². The summed E-state index contributed by atoms with van der Waals surface area (Å²) in [4.78, 5) is 23.6. The zero-order valence-electron chi connectivity index (χ0n) is 8.77. The molecule has 0 aromatic carbocycles. The van der Waals surface area contributed by atoms with Gasteiger partial charge in [0, 0.05) is 32.1 Å². The molecule has 4 N–H and O–H groups in total. The van der Waals surface area contributed by atoms with Gasteiger partial charge in [-0.1, -0.05) is 6.92 Å². The van der Waals surface area contributed by atoms with E-state index in [-0.39, 0.29) is 17.9 Å². The van der Waals surface area contributed by atoms with Crippen LogP contribution in [0, 0.1) is 11.8 Å². The Kier molecular flexibility index (Phi) is 3.90. The molecule has 1 saturated heterocycles. The number of nitrogens with zero attached hydrogens (tertiary/aromatic N) is 1. The van der Waals surface area contributed by atoms with Crippen LogP contribution in [0.4, 0.5) is 4.79 Å². The fraction of sp³-hybridized carbons (Fsp3) is 0.778. The standard InChI is InChI=1S/C9H17N3O3/c1-6(8(13)14)7-4-12(5-7)9(15)11-3-2-10/h6-7H,2-5,10H2,1H3,(H,11,15)(H,13,14). The lowest BCUT2D eigenvalue weighted by Crippen LogP contribution is -2.56. The van der Waals surface area contributed by atoms with Crippen molar-refractivity contribution in [2.45, 2.75) is 6.92 Å². The number of aliphatic carboxylic acids is 1. The molecule has 1 aliphatic heterocycles. The van der Waals surface area contributed by atoms with Crippen LogP contribution in [0.1, 0.15) is 6.92 Å². The second-order valence-electron chi connectivity index (χ2n) is 3.81. The zero-order chi connectivity index (χ0) is 11.4. The Morgan fingerprint density at radius 3 is 2.67 bits per heavy atom. The molecule has 0 aromatic rings. The van der Waals surface area contributed by atoms with Crippen molar-refractivity contribution in [2.24, 2.45) is 17.6 Å². The largest absolute Gasteiger partial charge is 0.481 e. The highest BCUT2D eigenvalue weighted by atomic mass is 16.4. The SMILES string of the molecule is CC(C(=O)O)C1CN(C(=O)NCCN)C1. The molecule has 0 saturated carbocycles. The van der Waals surface area contributed by atoms with Crippen molar-refractivity contribution in [1.29, 1.82) is 0 Å². The third-order valence-corrected chi connectivity index (χ3v) is 2.71. The van der Waals surface area contributed by atoms with Crippen LogP contribution in [0.25, 0.3) is 0 Å². The van der Waals surface area contributed by atoms with E-state index in [9.17, 15) is 9.59 Å². The smallest absolute Gasteiger partial charge is 0.317 e. The summed E-state index contributed by atoms with van der Waals surface area (Å²) in [5.41, 5.74) is 5.24. The van der Waals surface area contributed by atoms with E-state index < -0.39 is 5.97 Å². The van der Waals surface area contributed by atoms with E-state index in [4.69, 9.17) is 10.8 Å². The number of nitrogens with one attached hydrogen (secondary N) is 1. The molecule has 6 heteroatoms. The number of likely N-dealkylation sites (tertiary alicyclic amines) is 1. The maximum Gasteiger partial charge on any atom is 0.317 e. The number of carboxylic acid groups (broad SMARTS) is 1. The van der Waals surface area contributed by atoms with Crippen molar-refractivity contribution in [3.8, 4) is 0 Å². The molecule has 0 aliphatic carbocycles. The van der Waals surface area contributed by atoms with Gasteiger partial charge < -0.3 is 21.1 Å². The van der Waals surface area contributed by atoms with Crippen LogP contribution >= 0.6 is 0 Å². The average Bonchev–Trinajstić information content (AvgIpc) is 2.11. The molecular formula is C9H17N3O3. The van der Waals surface area contributed by atoms with Crippen LogP contribution in [0.5, 0.6) is 0 Å². The highest BCUT2D eigenvalue weighted by molar-refractivity contribution is 5.76. The van der Waals surface area contributed by atoms with Gasteiger partial charge >= 0.3 is 12.0 Å². The van der Waals surface area contributed by atoms with Crippen LogP contribution in [-0.2, 0) is 4.79 Å². The van der Waals surface area contributed by atoms with E-state index in [1.165, 1.54) is 0 Å². The number of carboxylic acids is 1. The molecule has 15 heavy (non-hydrogen) atoms. The van der Waals surface area contributed by atoms with Gasteiger partial charge in [-0.05, 0) is 0 Å². The number of carbonyl (C=O) groups is 2. The molecule has 0 radical (unpaired) electrons. The van der Waals surface area contributed by atoms with Crippen molar-refractivity contribution in [3.63, 3.8) is 0 Å². The summed E-state index contributed by atoms with van der Waals surface area (Å²) in [5.74, 6) is -1.11. The number of hydrogen-bond acceptors (Lipinski definition) is 3. The third-order valence-electron chi connectivity index (χ3n) is 2.71. The molecule has 0 aromatic heterocycles. The minimum Gasteiger partial charge on any atom is -0.481 e. The van der Waals surface area contributed by atoms with E-state index in [1.54, 1.807) is 11.8 Å². The van der Waals surface area contributed by atoms with Gasteiger partial charge in [0.1, 0.15) is 0 Å². The molecule has 1 rings (SSSR count). The number of hydrogen-bond donors (Lipinski definition) is 3. The number of rotatable bonds is 4. The predicted molar refractivity (Wildman–Crippen MR) is 54.3 cm³/mol. The number of urea groups is 1. The molecule has 1 unspecified atom stereocenters. The van der Waals surface area contributed by atoms with Gasteiger partial charge in [-0.25, -0.2) is 4.79 Å². The Labute approximate surface area is 88.4 Å². The summed E-state index contributed by atoms with van der Waals surface area (Å²) in [6.07, 6.45) is 0. The minimum atomic E-state index is -0.804. The lowest BCUT2D eigenvalue weighted by molar-refractivity contribution is -0.144. The van der Waals surface area contributed by atoms with E-state index in [0.717, 1.165) is 0 Å². The summed E-state index contributed by atoms with van der Waals surface area (Å²) in [6, 6.07) is -0.158. The fourth-order valence-corrected chi connectivity index (χ4v) is 1.49. The first kappa shape index (κ1) is 11.8. The van der Waals surface area contributed by atoms with Crippen molar-refractivity contribution in [3.05, 3.63) is 0 Å². The maximum atomic E-state index is 11.3. The zero-order valence-corrected chi connectivity index (χ0v) is 8.77. The molecule has 1 aliphatic rings. The van der Waals surface area contributed by atoms with Gasteiger partial charge in [-0.3, -0.25) is 4.79 Å². The molecule has 1 heterocycles. The number of amides is 2. The Morgan fingerprint density at radius 2 is 2.20 bits per heavy atom. The van der Waals surface area contributed by atoms with Gasteiger partial charge in [-0.2, -0.15) is 0 Å². The quantitative estimate of drug-likeness (QED) is 0.578. The second kappa shape index (κ2) is 4.97. The molecule has 0 spiro atoms. The molecule has 86 valence electrons. The Balaban J connectivity index is 2.25. The van der Waals surface area contributed by atoms with Gasteiger partial charge in [0.2, 0.25) is 0 Å². The minimum absolute atomic E-state index is 0.0751. The van der Waals surface area contributed by atoms with Crippen molar-refractivity contribution in [1.82, 2.24) is 10.2 Å². The predicted octanol–water partition coefficient (Wildman–Crippen LogP) is -0.693. The Morgan fingerprint density at radius 1 is 1.60 bits per heavy atom. The molecule has 0 bridgehead atoms. The first-order valence-electron chi connectivity index (χ1n) is 5.02. The molecule has 2 amide bonds. The van der Waals surface area contributed by atoms with Crippen LogP contribution in [0.15, 0.2) is 0 Å². The van der Waals surface area contributed by atoms with Crippen LogP contribution in [-0.4, -0.2) is 48.2 Å². The Bertz CT molecular complexity index is 251. The van der Waals surface area contributed by atoms with Gasteiger partial charge in [0.15, 0.2) is 0 Å².